The van der Waals surface area contributed by atoms with Crippen molar-refractivity contribution in [1.29, 1.82) is 0 Å². The molecule has 0 saturated heterocycles. The van der Waals surface area contributed by atoms with E-state index >= 15 is 0 Å². The molecule has 2 N–H and O–H groups in total. The fourth-order valence-electron chi connectivity index (χ4n) is 2.26. The molecule has 0 aliphatic carbocycles. The molecule has 0 bridgehead atoms. The molecule has 0 aliphatic rings. The summed E-state index contributed by atoms with van der Waals surface area (Å²) in [6, 6.07) is 9.43. The number of hydrogen-bond donors (Lipinski definition) is 2. The number of halogens is 1. The fourth-order valence-corrected chi connectivity index (χ4v) is 2.26. The largest absolute Gasteiger partial charge is 0.497 e. The second kappa shape index (κ2) is 13.0. The van der Waals surface area contributed by atoms with Crippen LogP contribution in [0.5, 0.6) is 17.2 Å². The van der Waals surface area contributed by atoms with Crippen molar-refractivity contribution in [2.24, 2.45) is 4.99 Å². The Labute approximate surface area is 177 Å². The molecule has 0 amide bonds. The minimum atomic E-state index is 0. The summed E-state index contributed by atoms with van der Waals surface area (Å²) in [7, 11) is 3.27. The number of aromatic nitrogens is 1. The number of aliphatic imine (C=N–C) groups is 1. The molecule has 7 nitrogen and oxygen atoms in total. The summed E-state index contributed by atoms with van der Waals surface area (Å²) in [5.74, 6) is 2.98. The van der Waals surface area contributed by atoms with E-state index in [0.717, 1.165) is 35.3 Å². The lowest BCUT2D eigenvalue weighted by Crippen LogP contribution is -2.39. The van der Waals surface area contributed by atoms with Crippen molar-refractivity contribution in [2.75, 3.05) is 33.9 Å². The molecule has 0 aliphatic heterocycles. The first kappa shape index (κ1) is 22.8. The Bertz CT molecular complexity index is 699. The van der Waals surface area contributed by atoms with Gasteiger partial charge in [0.25, 0.3) is 0 Å². The number of methoxy groups -OCH3 is 2. The number of guanidine groups is 1. The molecule has 0 radical (unpaired) electrons. The molecule has 1 heterocycles. The maximum absolute atomic E-state index is 5.62. The zero-order valence-corrected chi connectivity index (χ0v) is 18.2. The summed E-state index contributed by atoms with van der Waals surface area (Å²) in [6.45, 7) is 4.43. The van der Waals surface area contributed by atoms with Gasteiger partial charge >= 0.3 is 0 Å². The number of rotatable bonds is 9. The van der Waals surface area contributed by atoms with Crippen molar-refractivity contribution in [1.82, 2.24) is 15.6 Å². The van der Waals surface area contributed by atoms with Gasteiger partial charge in [-0.15, -0.1) is 24.0 Å². The van der Waals surface area contributed by atoms with E-state index in [1.807, 2.05) is 37.3 Å². The molecular formula is C19H27IN4O3. The van der Waals surface area contributed by atoms with E-state index in [9.17, 15) is 0 Å². The highest BCUT2D eigenvalue weighted by Gasteiger charge is 2.05. The van der Waals surface area contributed by atoms with Gasteiger partial charge in [0, 0.05) is 24.4 Å². The number of ether oxygens (including phenoxy) is 3. The van der Waals surface area contributed by atoms with Gasteiger partial charge in [-0.1, -0.05) is 0 Å². The van der Waals surface area contributed by atoms with Gasteiger partial charge in [0.05, 0.1) is 33.5 Å². The van der Waals surface area contributed by atoms with Crippen molar-refractivity contribution >= 4 is 29.9 Å². The van der Waals surface area contributed by atoms with Crippen LogP contribution in [0.15, 0.2) is 47.7 Å². The molecule has 1 aromatic carbocycles. The minimum Gasteiger partial charge on any atom is -0.497 e. The first-order chi connectivity index (χ1) is 12.8. The summed E-state index contributed by atoms with van der Waals surface area (Å²) >= 11 is 0. The molecule has 148 valence electrons. The Balaban J connectivity index is 0.00000364. The Morgan fingerprint density at radius 2 is 1.96 bits per heavy atom. The van der Waals surface area contributed by atoms with Crippen LogP contribution in [-0.4, -0.2) is 44.9 Å². The predicted molar refractivity (Wildman–Crippen MR) is 118 cm³/mol. The Morgan fingerprint density at radius 1 is 1.11 bits per heavy atom. The van der Waals surface area contributed by atoms with Gasteiger partial charge in [0.1, 0.15) is 23.9 Å². The molecule has 2 rings (SSSR count). The summed E-state index contributed by atoms with van der Waals surface area (Å²) in [5, 5.41) is 6.47. The Kier molecular flexibility index (Phi) is 11.0. The zero-order chi connectivity index (χ0) is 18.6. The van der Waals surface area contributed by atoms with Crippen LogP contribution in [0, 0.1) is 0 Å². The van der Waals surface area contributed by atoms with Crippen LogP contribution in [0.3, 0.4) is 0 Å². The second-order valence-corrected chi connectivity index (χ2v) is 5.34. The number of pyridine rings is 1. The normalized spacial score (nSPS) is 10.6. The molecule has 8 heteroatoms. The van der Waals surface area contributed by atoms with Crippen molar-refractivity contribution in [3.05, 3.63) is 48.3 Å². The van der Waals surface area contributed by atoms with E-state index < -0.39 is 0 Å². The molecule has 0 saturated carbocycles. The first-order valence-electron chi connectivity index (χ1n) is 8.52. The number of benzene rings is 1. The van der Waals surface area contributed by atoms with Crippen LogP contribution in [0.1, 0.15) is 12.5 Å². The lowest BCUT2D eigenvalue weighted by molar-refractivity contribution is 0.320. The highest BCUT2D eigenvalue weighted by molar-refractivity contribution is 14.0. The van der Waals surface area contributed by atoms with Crippen molar-refractivity contribution in [3.63, 3.8) is 0 Å². The lowest BCUT2D eigenvalue weighted by atomic mass is 10.2. The standard InChI is InChI=1S/C19H26N4O3.HI/c1-4-21-19(22-10-11-26-17-6-5-9-20-14-17)23-13-15-7-8-16(24-2)12-18(15)25-3;/h5-9,12,14H,4,10-11,13H2,1-3H3,(H2,21,22,23);1H. The summed E-state index contributed by atoms with van der Waals surface area (Å²) in [4.78, 5) is 8.62. The van der Waals surface area contributed by atoms with Crippen LogP contribution in [-0.2, 0) is 6.54 Å². The minimum absolute atomic E-state index is 0. The summed E-state index contributed by atoms with van der Waals surface area (Å²) < 4.78 is 16.2. The van der Waals surface area contributed by atoms with E-state index in [-0.39, 0.29) is 24.0 Å². The fraction of sp³-hybridized carbons (Fsp3) is 0.368. The van der Waals surface area contributed by atoms with E-state index in [1.54, 1.807) is 26.6 Å². The van der Waals surface area contributed by atoms with E-state index in [2.05, 4.69) is 20.6 Å². The van der Waals surface area contributed by atoms with Gasteiger partial charge in [-0.05, 0) is 31.2 Å². The molecule has 0 unspecified atom stereocenters. The second-order valence-electron chi connectivity index (χ2n) is 5.34. The van der Waals surface area contributed by atoms with Crippen LogP contribution in [0.2, 0.25) is 0 Å². The summed E-state index contributed by atoms with van der Waals surface area (Å²) in [5.41, 5.74) is 0.983. The zero-order valence-electron chi connectivity index (χ0n) is 15.9. The van der Waals surface area contributed by atoms with E-state index in [4.69, 9.17) is 14.2 Å². The topological polar surface area (TPSA) is 77.0 Å². The Morgan fingerprint density at radius 3 is 2.63 bits per heavy atom. The molecule has 27 heavy (non-hydrogen) atoms. The quantitative estimate of drug-likeness (QED) is 0.246. The SMILES string of the molecule is CCNC(=NCc1ccc(OC)cc1OC)NCCOc1cccnc1.I. The van der Waals surface area contributed by atoms with Gasteiger partial charge in [-0.25, -0.2) is 4.99 Å². The molecule has 0 atom stereocenters. The third kappa shape index (κ3) is 7.90. The van der Waals surface area contributed by atoms with Crippen molar-refractivity contribution in [3.8, 4) is 17.2 Å². The smallest absolute Gasteiger partial charge is 0.191 e. The van der Waals surface area contributed by atoms with Gasteiger partial charge in [-0.3, -0.25) is 4.98 Å². The van der Waals surface area contributed by atoms with Gasteiger partial charge in [-0.2, -0.15) is 0 Å². The average molecular weight is 486 g/mol. The molecule has 1 aromatic heterocycles. The third-order valence-corrected chi connectivity index (χ3v) is 3.54. The predicted octanol–water partition coefficient (Wildman–Crippen LogP) is 2.85. The van der Waals surface area contributed by atoms with Crippen LogP contribution < -0.4 is 24.8 Å². The first-order valence-corrected chi connectivity index (χ1v) is 8.52. The van der Waals surface area contributed by atoms with Crippen LogP contribution >= 0.6 is 24.0 Å². The average Bonchev–Trinajstić information content (AvgIpc) is 2.69. The molecule has 0 fully saturated rings. The Hall–Kier alpha value is -2.23. The maximum atomic E-state index is 5.62. The van der Waals surface area contributed by atoms with Crippen molar-refractivity contribution in [2.45, 2.75) is 13.5 Å². The highest BCUT2D eigenvalue weighted by Crippen LogP contribution is 2.25. The molecule has 2 aromatic rings. The summed E-state index contributed by atoms with van der Waals surface area (Å²) in [6.07, 6.45) is 3.41. The van der Waals surface area contributed by atoms with Crippen molar-refractivity contribution < 1.29 is 14.2 Å². The number of nitrogens with zero attached hydrogens (tertiary/aromatic N) is 2. The molecular weight excluding hydrogens is 459 g/mol. The van der Waals surface area contributed by atoms with Gasteiger partial charge in [0.15, 0.2) is 5.96 Å². The van der Waals surface area contributed by atoms with E-state index in [0.29, 0.717) is 19.7 Å². The van der Waals surface area contributed by atoms with Gasteiger partial charge in [0.2, 0.25) is 0 Å². The lowest BCUT2D eigenvalue weighted by Gasteiger charge is -2.13. The highest BCUT2D eigenvalue weighted by atomic mass is 127. The van der Waals surface area contributed by atoms with E-state index in [1.165, 1.54) is 0 Å². The van der Waals surface area contributed by atoms with Gasteiger partial charge < -0.3 is 24.8 Å². The number of hydrogen-bond acceptors (Lipinski definition) is 5. The monoisotopic (exact) mass is 486 g/mol. The van der Waals surface area contributed by atoms with Crippen LogP contribution in [0.25, 0.3) is 0 Å². The third-order valence-electron chi connectivity index (χ3n) is 3.54. The molecule has 0 spiro atoms. The number of nitrogens with one attached hydrogen (secondary N) is 2. The maximum Gasteiger partial charge on any atom is 0.191 e. The van der Waals surface area contributed by atoms with Crippen LogP contribution in [0.4, 0.5) is 0 Å².